The third kappa shape index (κ3) is 8.56. The highest BCUT2D eigenvalue weighted by atomic mass is 32.1. The summed E-state index contributed by atoms with van der Waals surface area (Å²) in [5.41, 5.74) is 7.57. The molecule has 1 fully saturated rings. The number of ketones is 1. The van der Waals surface area contributed by atoms with Gasteiger partial charge in [-0.15, -0.1) is 11.3 Å². The Morgan fingerprint density at radius 1 is 1.05 bits per heavy atom. The first kappa shape index (κ1) is 31.8. The Labute approximate surface area is 242 Å². The molecule has 0 bridgehead atoms. The van der Waals surface area contributed by atoms with E-state index in [9.17, 15) is 14.4 Å². The number of piperidine rings is 1. The second kappa shape index (κ2) is 15.9. The number of aryl methyl sites for hydroxylation is 1. The number of aromatic nitrogens is 1. The average molecular weight is 575 g/mol. The number of para-hydroxylation sites is 1. The molecule has 2 heterocycles. The molecule has 4 rings (SSSR count). The number of rotatable bonds is 11. The van der Waals surface area contributed by atoms with Gasteiger partial charge in [0.1, 0.15) is 0 Å². The second-order valence-corrected chi connectivity index (χ2v) is 10.4. The minimum Gasteiger partial charge on any atom is -0.346 e. The minimum absolute atomic E-state index is 0. The number of carbonyl (C=O) groups excluding carboxylic acids is 3. The topological polar surface area (TPSA) is 105 Å². The number of carbonyl (C=O) groups is 3. The van der Waals surface area contributed by atoms with E-state index in [1.807, 2.05) is 54.6 Å². The highest BCUT2D eigenvalue weighted by molar-refractivity contribution is 7.59. The van der Waals surface area contributed by atoms with Crippen LogP contribution in [0.3, 0.4) is 0 Å². The van der Waals surface area contributed by atoms with Gasteiger partial charge in [-0.1, -0.05) is 42.5 Å². The van der Waals surface area contributed by atoms with Gasteiger partial charge < -0.3 is 16.0 Å². The van der Waals surface area contributed by atoms with E-state index in [1.54, 1.807) is 4.90 Å². The number of thiazole rings is 1. The third-order valence-corrected chi connectivity index (χ3v) is 7.75. The quantitative estimate of drug-likeness (QED) is 0.264. The molecule has 0 aliphatic carbocycles. The van der Waals surface area contributed by atoms with Crippen LogP contribution in [0.4, 0.5) is 0 Å². The monoisotopic (exact) mass is 574 g/mol. The number of hydrogen-bond donors (Lipinski definition) is 2. The summed E-state index contributed by atoms with van der Waals surface area (Å²) in [4.78, 5) is 45.7. The molecule has 2 atom stereocenters. The molecule has 7 nitrogen and oxygen atoms in total. The summed E-state index contributed by atoms with van der Waals surface area (Å²) in [7, 11) is 0. The zero-order valence-electron chi connectivity index (χ0n) is 21.5. The summed E-state index contributed by atoms with van der Waals surface area (Å²) in [5, 5.41) is 3.42. The number of amides is 2. The molecule has 1 saturated heterocycles. The molecule has 3 N–H and O–H groups in total. The van der Waals surface area contributed by atoms with Crippen LogP contribution in [0.25, 0.3) is 10.2 Å². The molecule has 0 spiro atoms. The second-order valence-electron chi connectivity index (χ2n) is 9.36. The molecule has 0 unspecified atom stereocenters. The number of nitrogens with two attached hydrogens (primary N) is 1. The Balaban J connectivity index is 0.00000253. The van der Waals surface area contributed by atoms with Crippen molar-refractivity contribution in [2.75, 3.05) is 19.6 Å². The van der Waals surface area contributed by atoms with Gasteiger partial charge in [-0.25, -0.2) is 4.98 Å². The fourth-order valence-corrected chi connectivity index (χ4v) is 5.61. The summed E-state index contributed by atoms with van der Waals surface area (Å²) in [6.45, 7) is 1.60. The van der Waals surface area contributed by atoms with Crippen molar-refractivity contribution in [3.8, 4) is 0 Å². The molecule has 1 aliphatic rings. The first-order valence-corrected chi connectivity index (χ1v) is 13.6. The van der Waals surface area contributed by atoms with Crippen molar-refractivity contribution in [1.29, 1.82) is 0 Å². The van der Waals surface area contributed by atoms with Crippen LogP contribution in [-0.4, -0.2) is 53.2 Å². The van der Waals surface area contributed by atoms with Crippen LogP contribution in [0.5, 0.6) is 0 Å². The van der Waals surface area contributed by atoms with E-state index >= 15 is 0 Å². The largest absolute Gasteiger partial charge is 0.346 e. The summed E-state index contributed by atoms with van der Waals surface area (Å²) in [5.74, 6) is -0.572. The maximum absolute atomic E-state index is 13.4. The minimum atomic E-state index is -0.645. The van der Waals surface area contributed by atoms with Gasteiger partial charge in [0.15, 0.2) is 5.01 Å². The van der Waals surface area contributed by atoms with Crippen LogP contribution in [0.15, 0.2) is 54.6 Å². The molecular weight excluding hydrogens is 537 g/mol. The molecule has 2 amide bonds. The Kier molecular flexibility index (Phi) is 13.3. The lowest BCUT2D eigenvalue weighted by Crippen LogP contribution is -2.49. The normalized spacial score (nSPS) is 15.7. The molecule has 3 aromatic rings. The van der Waals surface area contributed by atoms with E-state index < -0.39 is 6.04 Å². The number of likely N-dealkylation sites (tertiary alicyclic amines) is 1. The Hall–Kier alpha value is -2.40. The van der Waals surface area contributed by atoms with E-state index in [2.05, 4.69) is 10.3 Å². The van der Waals surface area contributed by atoms with Crippen LogP contribution in [0.1, 0.15) is 53.9 Å². The van der Waals surface area contributed by atoms with Gasteiger partial charge >= 0.3 is 0 Å². The Morgan fingerprint density at radius 3 is 2.53 bits per heavy atom. The summed E-state index contributed by atoms with van der Waals surface area (Å²) in [6, 6.07) is 16.9. The van der Waals surface area contributed by atoms with Crippen molar-refractivity contribution >= 4 is 66.1 Å². The molecule has 10 heteroatoms. The predicted octanol–water partition coefficient (Wildman–Crippen LogP) is 4.19. The van der Waals surface area contributed by atoms with Gasteiger partial charge in [0, 0.05) is 19.5 Å². The van der Waals surface area contributed by atoms with Crippen molar-refractivity contribution in [2.45, 2.75) is 51.0 Å². The van der Waals surface area contributed by atoms with E-state index in [-0.39, 0.29) is 50.5 Å². The average Bonchev–Trinajstić information content (AvgIpc) is 3.36. The molecule has 38 heavy (non-hydrogen) atoms. The van der Waals surface area contributed by atoms with E-state index in [1.165, 1.54) is 11.3 Å². The van der Waals surface area contributed by atoms with Gasteiger partial charge in [-0.05, 0) is 62.8 Å². The lowest BCUT2D eigenvalue weighted by atomic mass is 9.95. The SMILES string of the molecule is NCCCC[C@H](NC(=O)[C@H]1CCCN(C(=O)CCc2ccccc2)C1)C(=O)c1nc2ccccc2s1.S.S. The number of fused-ring (bicyclic) bond motifs is 1. The lowest BCUT2D eigenvalue weighted by Gasteiger charge is -2.33. The maximum atomic E-state index is 13.4. The van der Waals surface area contributed by atoms with E-state index in [0.717, 1.165) is 35.0 Å². The zero-order chi connectivity index (χ0) is 25.3. The van der Waals surface area contributed by atoms with Crippen LogP contribution < -0.4 is 11.1 Å². The first-order valence-electron chi connectivity index (χ1n) is 12.8. The molecular formula is C28H38N4O3S3. The number of nitrogens with zero attached hydrogens (tertiary/aromatic N) is 2. The van der Waals surface area contributed by atoms with E-state index in [0.29, 0.717) is 50.3 Å². The third-order valence-electron chi connectivity index (χ3n) is 6.70. The van der Waals surface area contributed by atoms with Gasteiger partial charge in [0.2, 0.25) is 17.6 Å². The highest BCUT2D eigenvalue weighted by Gasteiger charge is 2.31. The van der Waals surface area contributed by atoms with Gasteiger partial charge in [-0.2, -0.15) is 27.0 Å². The van der Waals surface area contributed by atoms with Gasteiger partial charge in [0.25, 0.3) is 0 Å². The van der Waals surface area contributed by atoms with Crippen LogP contribution in [-0.2, 0) is 16.0 Å². The fourth-order valence-electron chi connectivity index (χ4n) is 4.65. The number of benzene rings is 2. The summed E-state index contributed by atoms with van der Waals surface area (Å²) < 4.78 is 0.949. The molecule has 1 aromatic heterocycles. The summed E-state index contributed by atoms with van der Waals surface area (Å²) in [6.07, 6.45) is 4.64. The van der Waals surface area contributed by atoms with Crippen LogP contribution >= 0.6 is 38.3 Å². The van der Waals surface area contributed by atoms with Crippen molar-refractivity contribution in [3.63, 3.8) is 0 Å². The fraction of sp³-hybridized carbons (Fsp3) is 0.429. The maximum Gasteiger partial charge on any atom is 0.225 e. The Bertz CT molecular complexity index is 1160. The number of nitrogens with one attached hydrogen (secondary N) is 1. The van der Waals surface area contributed by atoms with Crippen molar-refractivity contribution in [3.05, 3.63) is 65.2 Å². The lowest BCUT2D eigenvalue weighted by molar-refractivity contribution is -0.135. The Morgan fingerprint density at radius 2 is 1.79 bits per heavy atom. The molecule has 0 saturated carbocycles. The molecule has 206 valence electrons. The number of Topliss-reactive ketones (excluding diaryl/α,β-unsaturated/α-hetero) is 1. The van der Waals surface area contributed by atoms with Crippen molar-refractivity contribution in [2.24, 2.45) is 11.7 Å². The predicted molar refractivity (Wildman–Crippen MR) is 164 cm³/mol. The summed E-state index contributed by atoms with van der Waals surface area (Å²) >= 11 is 1.35. The molecule has 0 radical (unpaired) electrons. The molecule has 1 aliphatic heterocycles. The van der Waals surface area contributed by atoms with E-state index in [4.69, 9.17) is 5.73 Å². The van der Waals surface area contributed by atoms with Crippen molar-refractivity contribution in [1.82, 2.24) is 15.2 Å². The van der Waals surface area contributed by atoms with Crippen molar-refractivity contribution < 1.29 is 14.4 Å². The van der Waals surface area contributed by atoms with Crippen LogP contribution in [0, 0.1) is 5.92 Å². The van der Waals surface area contributed by atoms with Crippen LogP contribution in [0.2, 0.25) is 0 Å². The zero-order valence-corrected chi connectivity index (χ0v) is 24.3. The first-order chi connectivity index (χ1) is 17.5. The number of hydrogen-bond acceptors (Lipinski definition) is 6. The highest BCUT2D eigenvalue weighted by Crippen LogP contribution is 2.24. The standard InChI is InChI=1S/C28H34N4O3S.2H2S/c29-17-7-6-13-23(26(34)28-31-22-12-4-5-14-24(22)36-28)30-27(35)21-11-8-18-32(19-21)25(33)16-15-20-9-2-1-3-10-20;;/h1-5,9-10,12,14,21,23H,6-8,11,13,15-19,29H2,(H,30,35);2*1H2/t21-,23-;;/m0../s1. The smallest absolute Gasteiger partial charge is 0.225 e. The van der Waals surface area contributed by atoms with Gasteiger partial charge in [-0.3, -0.25) is 14.4 Å². The molecule has 2 aromatic carbocycles. The van der Waals surface area contributed by atoms with Gasteiger partial charge in [0.05, 0.1) is 22.2 Å². The number of unbranched alkanes of at least 4 members (excludes halogenated alkanes) is 1.